The third kappa shape index (κ3) is 6.36. The summed E-state index contributed by atoms with van der Waals surface area (Å²) in [6.45, 7) is 8.63. The van der Waals surface area contributed by atoms with Crippen molar-refractivity contribution in [1.82, 2.24) is 4.98 Å². The minimum absolute atomic E-state index is 0.0466. The largest absolute Gasteiger partial charge is 0.451 e. The summed E-state index contributed by atoms with van der Waals surface area (Å²) in [5, 5.41) is 5.52. The van der Waals surface area contributed by atoms with Gasteiger partial charge in [-0.3, -0.25) is 4.79 Å². The van der Waals surface area contributed by atoms with Crippen molar-refractivity contribution in [1.29, 1.82) is 0 Å². The zero-order valence-corrected chi connectivity index (χ0v) is 17.1. The molecule has 0 aliphatic rings. The van der Waals surface area contributed by atoms with Crippen molar-refractivity contribution in [2.24, 2.45) is 5.92 Å². The molecular formula is C20H27N3O3S. The van der Waals surface area contributed by atoms with Gasteiger partial charge in [0.25, 0.3) is 5.91 Å². The molecule has 0 saturated carbocycles. The third-order valence-corrected chi connectivity index (χ3v) is 4.66. The summed E-state index contributed by atoms with van der Waals surface area (Å²) in [6, 6.07) is 9.29. The summed E-state index contributed by atoms with van der Waals surface area (Å²) in [7, 11) is 0. The number of hydrogen-bond acceptors (Lipinski definition) is 6. The topological polar surface area (TPSA) is 71.5 Å². The van der Waals surface area contributed by atoms with Crippen molar-refractivity contribution in [3.8, 4) is 0 Å². The van der Waals surface area contributed by atoms with Crippen molar-refractivity contribution in [2.75, 3.05) is 23.4 Å². The lowest BCUT2D eigenvalue weighted by molar-refractivity contribution is -0.122. The third-order valence-electron chi connectivity index (χ3n) is 3.86. The fraction of sp³-hybridized carbons (Fsp3) is 0.450. The van der Waals surface area contributed by atoms with Crippen LogP contribution in [0.1, 0.15) is 44.6 Å². The Bertz CT molecular complexity index is 744. The van der Waals surface area contributed by atoms with Crippen LogP contribution >= 0.6 is 11.3 Å². The molecule has 27 heavy (non-hydrogen) atoms. The Morgan fingerprint density at radius 3 is 2.52 bits per heavy atom. The second kappa shape index (κ2) is 10.1. The van der Waals surface area contributed by atoms with Gasteiger partial charge in [-0.05, 0) is 38.3 Å². The van der Waals surface area contributed by atoms with Gasteiger partial charge in [0.05, 0.1) is 0 Å². The summed E-state index contributed by atoms with van der Waals surface area (Å²) in [5.41, 5.74) is 0.995. The number of nitrogens with one attached hydrogen (secondary N) is 1. The molecule has 1 N–H and O–H groups in total. The standard InChI is InChI=1S/C20H27N3O3S/c1-14(2)10-11-21-20-22-17(13-27-20)19(25)26-12-18(24)23(15(3)4)16-8-6-5-7-9-16/h5-9,13-15H,10-12H2,1-4H3,(H,21,22). The van der Waals surface area contributed by atoms with E-state index in [0.717, 1.165) is 18.7 Å². The minimum Gasteiger partial charge on any atom is -0.451 e. The van der Waals surface area contributed by atoms with Crippen LogP contribution in [0.3, 0.4) is 0 Å². The van der Waals surface area contributed by atoms with Gasteiger partial charge in [-0.15, -0.1) is 11.3 Å². The molecule has 146 valence electrons. The van der Waals surface area contributed by atoms with Gasteiger partial charge in [-0.1, -0.05) is 32.0 Å². The number of aromatic nitrogens is 1. The predicted molar refractivity (Wildman–Crippen MR) is 109 cm³/mol. The van der Waals surface area contributed by atoms with E-state index in [1.54, 1.807) is 10.3 Å². The molecule has 1 heterocycles. The molecule has 1 amide bonds. The Balaban J connectivity index is 1.90. The molecule has 0 fully saturated rings. The van der Waals surface area contributed by atoms with Gasteiger partial charge in [0.1, 0.15) is 0 Å². The number of esters is 1. The molecule has 0 bridgehead atoms. The lowest BCUT2D eigenvalue weighted by Crippen LogP contribution is -2.39. The summed E-state index contributed by atoms with van der Waals surface area (Å²) < 4.78 is 5.18. The number of amides is 1. The molecule has 6 nitrogen and oxygen atoms in total. The van der Waals surface area contributed by atoms with Gasteiger partial charge >= 0.3 is 5.97 Å². The van der Waals surface area contributed by atoms with Crippen LogP contribution in [0.2, 0.25) is 0 Å². The molecule has 1 aromatic carbocycles. The molecule has 7 heteroatoms. The monoisotopic (exact) mass is 389 g/mol. The summed E-state index contributed by atoms with van der Waals surface area (Å²) in [4.78, 5) is 30.6. The molecule has 2 rings (SSSR count). The summed E-state index contributed by atoms with van der Waals surface area (Å²) >= 11 is 1.35. The maximum atomic E-state index is 12.5. The SMILES string of the molecule is CC(C)CCNc1nc(C(=O)OCC(=O)N(c2ccccc2)C(C)C)cs1. The first kappa shape index (κ1) is 20.9. The number of benzene rings is 1. The number of anilines is 2. The lowest BCUT2D eigenvalue weighted by Gasteiger charge is -2.26. The van der Waals surface area contributed by atoms with E-state index in [2.05, 4.69) is 24.1 Å². The number of carbonyl (C=O) groups is 2. The van der Waals surface area contributed by atoms with Crippen LogP contribution in [0.15, 0.2) is 35.7 Å². The number of para-hydroxylation sites is 1. The summed E-state index contributed by atoms with van der Waals surface area (Å²) in [5.74, 6) is -0.259. The Morgan fingerprint density at radius 1 is 1.19 bits per heavy atom. The second-order valence-corrected chi connectivity index (χ2v) is 7.77. The van der Waals surface area contributed by atoms with E-state index in [1.807, 2.05) is 44.2 Å². The number of thiazole rings is 1. The van der Waals surface area contributed by atoms with Gasteiger partial charge in [0, 0.05) is 23.7 Å². The van der Waals surface area contributed by atoms with E-state index >= 15 is 0 Å². The fourth-order valence-corrected chi connectivity index (χ4v) is 3.21. The Kier molecular flexibility index (Phi) is 7.79. The number of ether oxygens (including phenoxy) is 1. The highest BCUT2D eigenvalue weighted by Gasteiger charge is 2.21. The number of nitrogens with zero attached hydrogens (tertiary/aromatic N) is 2. The maximum Gasteiger partial charge on any atom is 0.358 e. The first-order chi connectivity index (χ1) is 12.9. The summed E-state index contributed by atoms with van der Waals surface area (Å²) in [6.07, 6.45) is 1.03. The van der Waals surface area contributed by atoms with Crippen LogP contribution in [-0.2, 0) is 9.53 Å². The number of hydrogen-bond donors (Lipinski definition) is 1. The highest BCUT2D eigenvalue weighted by molar-refractivity contribution is 7.13. The van der Waals surface area contributed by atoms with Gasteiger partial charge < -0.3 is 15.0 Å². The number of rotatable bonds is 9. The molecule has 2 aromatic rings. The van der Waals surface area contributed by atoms with E-state index in [9.17, 15) is 9.59 Å². The molecule has 0 unspecified atom stereocenters. The zero-order chi connectivity index (χ0) is 19.8. The first-order valence-corrected chi connectivity index (χ1v) is 10.00. The second-order valence-electron chi connectivity index (χ2n) is 6.92. The Labute approximate surface area is 164 Å². The van der Waals surface area contributed by atoms with E-state index in [0.29, 0.717) is 11.0 Å². The highest BCUT2D eigenvalue weighted by Crippen LogP contribution is 2.18. The van der Waals surface area contributed by atoms with Crippen molar-refractivity contribution < 1.29 is 14.3 Å². The van der Waals surface area contributed by atoms with Gasteiger partial charge in [0.15, 0.2) is 17.4 Å². The van der Waals surface area contributed by atoms with E-state index in [1.165, 1.54) is 11.3 Å². The average Bonchev–Trinajstić information content (AvgIpc) is 3.09. The number of carbonyl (C=O) groups excluding carboxylic acids is 2. The predicted octanol–water partition coefficient (Wildman–Crippen LogP) is 4.20. The quantitative estimate of drug-likeness (QED) is 0.651. The van der Waals surface area contributed by atoms with Crippen LogP contribution < -0.4 is 10.2 Å². The van der Waals surface area contributed by atoms with Crippen molar-refractivity contribution in [3.05, 3.63) is 41.4 Å². The molecule has 0 aliphatic heterocycles. The molecule has 0 atom stereocenters. The first-order valence-electron chi connectivity index (χ1n) is 9.12. The normalized spacial score (nSPS) is 10.9. The van der Waals surface area contributed by atoms with E-state index in [-0.39, 0.29) is 24.2 Å². The molecule has 0 radical (unpaired) electrons. The van der Waals surface area contributed by atoms with Gasteiger partial charge in [-0.25, -0.2) is 9.78 Å². The maximum absolute atomic E-state index is 12.5. The van der Waals surface area contributed by atoms with Crippen molar-refractivity contribution >= 4 is 34.0 Å². The van der Waals surface area contributed by atoms with Crippen molar-refractivity contribution in [3.63, 3.8) is 0 Å². The Hall–Kier alpha value is -2.41. The molecular weight excluding hydrogens is 362 g/mol. The molecule has 1 aromatic heterocycles. The van der Waals surface area contributed by atoms with Gasteiger partial charge in [-0.2, -0.15) is 0 Å². The van der Waals surface area contributed by atoms with E-state index < -0.39 is 5.97 Å². The van der Waals surface area contributed by atoms with Crippen LogP contribution in [0, 0.1) is 5.92 Å². The van der Waals surface area contributed by atoms with Gasteiger partial charge in [0.2, 0.25) is 0 Å². The minimum atomic E-state index is -0.590. The van der Waals surface area contributed by atoms with Crippen LogP contribution in [0.25, 0.3) is 0 Å². The average molecular weight is 390 g/mol. The van der Waals surface area contributed by atoms with Crippen molar-refractivity contribution in [2.45, 2.75) is 40.2 Å². The molecule has 0 spiro atoms. The molecule has 0 aliphatic carbocycles. The lowest BCUT2D eigenvalue weighted by atomic mass is 10.1. The highest BCUT2D eigenvalue weighted by atomic mass is 32.1. The van der Waals surface area contributed by atoms with Crippen LogP contribution in [-0.4, -0.2) is 36.1 Å². The smallest absolute Gasteiger partial charge is 0.358 e. The van der Waals surface area contributed by atoms with Crippen LogP contribution in [0.5, 0.6) is 0 Å². The fourth-order valence-electron chi connectivity index (χ4n) is 2.51. The van der Waals surface area contributed by atoms with Crippen LogP contribution in [0.4, 0.5) is 10.8 Å². The zero-order valence-electron chi connectivity index (χ0n) is 16.3. The molecule has 0 saturated heterocycles. The Morgan fingerprint density at radius 2 is 1.89 bits per heavy atom. The van der Waals surface area contributed by atoms with E-state index in [4.69, 9.17) is 4.74 Å².